The Hall–Kier alpha value is -0.160. The molecule has 1 unspecified atom stereocenters. The van der Waals surface area contributed by atoms with Gasteiger partial charge >= 0.3 is 0 Å². The molecule has 0 aliphatic carbocycles. The minimum Gasteiger partial charge on any atom is -0.344 e. The van der Waals surface area contributed by atoms with Gasteiger partial charge in [-0.05, 0) is 74.3 Å². The van der Waals surface area contributed by atoms with Crippen molar-refractivity contribution in [3.05, 3.63) is 0 Å². The number of unbranched alkanes of at least 4 members (excludes halogenated alkanes) is 5. The van der Waals surface area contributed by atoms with Gasteiger partial charge in [-0.2, -0.15) is 0 Å². The maximum absolute atomic E-state index is 6.57. The van der Waals surface area contributed by atoms with E-state index in [1.807, 2.05) is 0 Å². The molecule has 0 saturated heterocycles. The second kappa shape index (κ2) is 14.0. The van der Waals surface area contributed by atoms with Crippen LogP contribution >= 0.6 is 0 Å². The highest BCUT2D eigenvalue weighted by molar-refractivity contribution is 4.82. The first-order chi connectivity index (χ1) is 12.9. The van der Waals surface area contributed by atoms with E-state index in [9.17, 15) is 0 Å². The zero-order valence-electron chi connectivity index (χ0n) is 20.5. The Labute approximate surface area is 176 Å². The fourth-order valence-electron chi connectivity index (χ4n) is 3.94. The summed E-state index contributed by atoms with van der Waals surface area (Å²) in [6.07, 6.45) is 11.3. The summed E-state index contributed by atoms with van der Waals surface area (Å²) >= 11 is 0. The lowest BCUT2D eigenvalue weighted by Crippen LogP contribution is -2.50. The second-order valence-corrected chi connectivity index (χ2v) is 10.4. The first-order valence-corrected chi connectivity index (χ1v) is 11.7. The van der Waals surface area contributed by atoms with Crippen LogP contribution in [0.1, 0.15) is 113 Å². The third-order valence-corrected chi connectivity index (χ3v) is 4.89. The predicted molar refractivity (Wildman–Crippen MR) is 123 cm³/mol. The molecular weight excluding hydrogens is 348 g/mol. The molecule has 28 heavy (non-hydrogen) atoms. The van der Waals surface area contributed by atoms with Crippen LogP contribution in [0.15, 0.2) is 0 Å². The van der Waals surface area contributed by atoms with E-state index in [-0.39, 0.29) is 11.2 Å². The molecule has 1 atom stereocenters. The molecule has 0 fully saturated rings. The lowest BCUT2D eigenvalue weighted by atomic mass is 9.87. The molecule has 4 nitrogen and oxygen atoms in total. The number of nitrogens with two attached hydrogens (primary N) is 1. The zero-order valence-corrected chi connectivity index (χ0v) is 20.5. The Balaban J connectivity index is 5.05. The van der Waals surface area contributed by atoms with E-state index >= 15 is 0 Å². The fourth-order valence-corrected chi connectivity index (χ4v) is 3.94. The molecule has 0 saturated carbocycles. The van der Waals surface area contributed by atoms with Gasteiger partial charge in [0.15, 0.2) is 5.79 Å². The summed E-state index contributed by atoms with van der Waals surface area (Å²) in [4.78, 5) is 0. The molecule has 0 aromatic carbocycles. The smallest absolute Gasteiger partial charge is 0.169 e. The highest BCUT2D eigenvalue weighted by atomic mass is 16.7. The van der Waals surface area contributed by atoms with Crippen molar-refractivity contribution in [3.8, 4) is 0 Å². The van der Waals surface area contributed by atoms with Crippen molar-refractivity contribution in [2.45, 2.75) is 130 Å². The van der Waals surface area contributed by atoms with Crippen LogP contribution in [0, 0.1) is 5.92 Å². The Morgan fingerprint density at radius 1 is 0.714 bits per heavy atom. The summed E-state index contributed by atoms with van der Waals surface area (Å²) in [6, 6.07) is 0. The van der Waals surface area contributed by atoms with Crippen LogP contribution in [-0.2, 0) is 9.47 Å². The molecule has 4 heteroatoms. The Morgan fingerprint density at radius 3 is 1.71 bits per heavy atom. The maximum Gasteiger partial charge on any atom is 0.169 e. The summed E-state index contributed by atoms with van der Waals surface area (Å²) < 4.78 is 13.1. The quantitative estimate of drug-likeness (QED) is 0.245. The van der Waals surface area contributed by atoms with E-state index in [4.69, 9.17) is 15.2 Å². The summed E-state index contributed by atoms with van der Waals surface area (Å²) in [5, 5.41) is 3.42. The van der Waals surface area contributed by atoms with E-state index < -0.39 is 5.79 Å². The molecule has 0 aromatic heterocycles. The molecule has 170 valence electrons. The third-order valence-electron chi connectivity index (χ3n) is 4.89. The van der Waals surface area contributed by atoms with Crippen LogP contribution in [0.5, 0.6) is 0 Å². The van der Waals surface area contributed by atoms with Crippen molar-refractivity contribution in [1.82, 2.24) is 5.32 Å². The minimum atomic E-state index is -0.576. The molecule has 0 aliphatic heterocycles. The Morgan fingerprint density at radius 2 is 1.21 bits per heavy atom. The van der Waals surface area contributed by atoms with Gasteiger partial charge in [-0.25, -0.2) is 0 Å². The van der Waals surface area contributed by atoms with Gasteiger partial charge < -0.3 is 20.5 Å². The first kappa shape index (κ1) is 27.8. The first-order valence-electron chi connectivity index (χ1n) is 11.7. The van der Waals surface area contributed by atoms with Gasteiger partial charge in [0.2, 0.25) is 0 Å². The lowest BCUT2D eigenvalue weighted by molar-refractivity contribution is -0.327. The van der Waals surface area contributed by atoms with Crippen molar-refractivity contribution in [3.63, 3.8) is 0 Å². The number of rotatable bonds is 16. The van der Waals surface area contributed by atoms with Gasteiger partial charge in [0.25, 0.3) is 0 Å². The molecule has 3 N–H and O–H groups in total. The average Bonchev–Trinajstić information content (AvgIpc) is 2.52. The van der Waals surface area contributed by atoms with Crippen LogP contribution in [-0.4, -0.2) is 36.6 Å². The van der Waals surface area contributed by atoms with E-state index in [1.54, 1.807) is 0 Å². The van der Waals surface area contributed by atoms with E-state index in [0.717, 1.165) is 32.4 Å². The standard InChI is InChI=1S/C24H52N2O2/c1-9-10-11-12-13-14-16-21(17-15-19-26-20-18-25)24(8,27-22(2,3)4)28-23(5,6)7/h21,26H,9-20,25H2,1-8H3. The van der Waals surface area contributed by atoms with Gasteiger partial charge in [-0.15, -0.1) is 0 Å². The monoisotopic (exact) mass is 400 g/mol. The predicted octanol–water partition coefficient (Wildman–Crippen LogP) is 6.03. The van der Waals surface area contributed by atoms with Crippen molar-refractivity contribution < 1.29 is 9.47 Å². The highest BCUT2D eigenvalue weighted by Gasteiger charge is 2.41. The van der Waals surface area contributed by atoms with Gasteiger partial charge in [-0.1, -0.05) is 45.4 Å². The van der Waals surface area contributed by atoms with Gasteiger partial charge in [0, 0.05) is 19.0 Å². The molecule has 0 heterocycles. The van der Waals surface area contributed by atoms with Crippen LogP contribution in [0.25, 0.3) is 0 Å². The topological polar surface area (TPSA) is 56.5 Å². The van der Waals surface area contributed by atoms with Gasteiger partial charge in [0.05, 0.1) is 11.2 Å². The molecule has 0 spiro atoms. The van der Waals surface area contributed by atoms with Crippen LogP contribution in [0.4, 0.5) is 0 Å². The molecule has 0 bridgehead atoms. The average molecular weight is 401 g/mol. The van der Waals surface area contributed by atoms with Crippen molar-refractivity contribution in [2.75, 3.05) is 19.6 Å². The molecule has 0 rings (SSSR count). The van der Waals surface area contributed by atoms with Crippen molar-refractivity contribution in [1.29, 1.82) is 0 Å². The fraction of sp³-hybridized carbons (Fsp3) is 1.00. The summed E-state index contributed by atoms with van der Waals surface area (Å²) in [7, 11) is 0. The molecule has 0 aromatic rings. The Kier molecular flexibility index (Phi) is 13.9. The normalized spacial score (nSPS) is 14.5. The van der Waals surface area contributed by atoms with Crippen LogP contribution in [0.2, 0.25) is 0 Å². The minimum absolute atomic E-state index is 0.239. The zero-order chi connectivity index (χ0) is 21.7. The number of ether oxygens (including phenoxy) is 2. The maximum atomic E-state index is 6.57. The third kappa shape index (κ3) is 14.8. The SMILES string of the molecule is CCCCCCCCC(CCCNCCN)C(C)(OC(C)(C)C)OC(C)(C)C. The van der Waals surface area contributed by atoms with Crippen molar-refractivity contribution in [2.24, 2.45) is 11.7 Å². The van der Waals surface area contributed by atoms with E-state index in [2.05, 4.69) is 60.7 Å². The number of nitrogens with one attached hydrogen (secondary N) is 1. The number of hydrogen-bond donors (Lipinski definition) is 2. The van der Waals surface area contributed by atoms with Crippen LogP contribution in [0.3, 0.4) is 0 Å². The van der Waals surface area contributed by atoms with E-state index in [0.29, 0.717) is 12.5 Å². The molecule has 0 amide bonds. The molecule has 0 aliphatic rings. The number of hydrogen-bond acceptors (Lipinski definition) is 4. The summed E-state index contributed by atoms with van der Waals surface area (Å²) in [5.74, 6) is -0.190. The van der Waals surface area contributed by atoms with Crippen LogP contribution < -0.4 is 11.1 Å². The lowest BCUT2D eigenvalue weighted by Gasteiger charge is -2.45. The summed E-state index contributed by atoms with van der Waals surface area (Å²) in [5.41, 5.74) is 5.11. The molecular formula is C24H52N2O2. The molecule has 0 radical (unpaired) electrons. The van der Waals surface area contributed by atoms with Gasteiger partial charge in [0.1, 0.15) is 0 Å². The van der Waals surface area contributed by atoms with Crippen molar-refractivity contribution >= 4 is 0 Å². The largest absolute Gasteiger partial charge is 0.344 e. The summed E-state index contributed by atoms with van der Waals surface area (Å²) in [6.45, 7) is 19.8. The Bertz CT molecular complexity index is 356. The van der Waals surface area contributed by atoms with Gasteiger partial charge in [-0.3, -0.25) is 0 Å². The second-order valence-electron chi connectivity index (χ2n) is 10.4. The van der Waals surface area contributed by atoms with E-state index in [1.165, 1.54) is 38.5 Å². The highest BCUT2D eigenvalue weighted by Crippen LogP contribution is 2.38.